The van der Waals surface area contributed by atoms with Crippen LogP contribution in [0.4, 0.5) is 32.0 Å². The Morgan fingerprint density at radius 1 is 0.822 bits per heavy atom. The molecule has 0 bridgehead atoms. The summed E-state index contributed by atoms with van der Waals surface area (Å²) in [5, 5.41) is 14.2. The number of ether oxygens (including phenoxy) is 1. The molecule has 15 heteroatoms. The van der Waals surface area contributed by atoms with E-state index in [-0.39, 0.29) is 11.3 Å². The van der Waals surface area contributed by atoms with Crippen molar-refractivity contribution in [2.45, 2.75) is 37.5 Å². The fourth-order valence-electron chi connectivity index (χ4n) is 5.29. The topological polar surface area (TPSA) is 111 Å². The van der Waals surface area contributed by atoms with Gasteiger partial charge in [-0.05, 0) is 55.6 Å². The van der Waals surface area contributed by atoms with E-state index in [2.05, 4.69) is 71.1 Å². The highest BCUT2D eigenvalue weighted by atomic mass is 19.4. The number of hydrogen-bond donors (Lipinski definition) is 2. The Bertz CT molecular complexity index is 1310. The van der Waals surface area contributed by atoms with E-state index in [0.717, 1.165) is 64.5 Å². The maximum atomic E-state index is 13.4. The molecule has 0 atom stereocenters. The Morgan fingerprint density at radius 2 is 1.31 bits per heavy atom. The van der Waals surface area contributed by atoms with E-state index in [0.29, 0.717) is 6.54 Å². The first kappa shape index (κ1) is 35.8. The number of hydrogen-bond acceptors (Lipinski definition) is 6. The Balaban J connectivity index is 0.000000331. The molecule has 3 heterocycles. The molecule has 1 amide bonds. The van der Waals surface area contributed by atoms with E-state index >= 15 is 0 Å². The van der Waals surface area contributed by atoms with Gasteiger partial charge in [0.1, 0.15) is 0 Å². The number of carboxylic acid groups (broad SMARTS) is 2. The molecule has 3 aliphatic heterocycles. The number of alkyl halides is 6. The summed E-state index contributed by atoms with van der Waals surface area (Å²) >= 11 is 0. The zero-order valence-electron chi connectivity index (χ0n) is 24.7. The molecular formula is C30H35F6N3O6. The number of anilines is 1. The third kappa shape index (κ3) is 9.65. The van der Waals surface area contributed by atoms with E-state index in [1.54, 1.807) is 0 Å². The number of carbonyl (C=O) groups excluding carboxylic acids is 1. The third-order valence-corrected chi connectivity index (χ3v) is 7.90. The van der Waals surface area contributed by atoms with Gasteiger partial charge in [0.25, 0.3) is 0 Å². The molecule has 0 aliphatic carbocycles. The second-order valence-corrected chi connectivity index (χ2v) is 11.2. The van der Waals surface area contributed by atoms with Gasteiger partial charge in [0.05, 0.1) is 6.54 Å². The highest BCUT2D eigenvalue weighted by molar-refractivity contribution is 5.98. The number of aliphatic carboxylic acids is 2. The van der Waals surface area contributed by atoms with Crippen molar-refractivity contribution in [3.8, 4) is 11.1 Å². The number of carboxylic acids is 2. The van der Waals surface area contributed by atoms with Crippen molar-refractivity contribution in [1.82, 2.24) is 9.80 Å². The van der Waals surface area contributed by atoms with Crippen LogP contribution >= 0.6 is 0 Å². The van der Waals surface area contributed by atoms with Crippen molar-refractivity contribution >= 4 is 23.5 Å². The van der Waals surface area contributed by atoms with Crippen LogP contribution in [-0.2, 0) is 24.5 Å². The average Bonchev–Trinajstić information content (AvgIpc) is 3.27. The molecule has 45 heavy (non-hydrogen) atoms. The van der Waals surface area contributed by atoms with Gasteiger partial charge in [-0.1, -0.05) is 35.9 Å². The Hall–Kier alpha value is -3.69. The molecule has 2 aromatic carbocycles. The second kappa shape index (κ2) is 14.6. The van der Waals surface area contributed by atoms with Gasteiger partial charge in [0.2, 0.25) is 5.91 Å². The van der Waals surface area contributed by atoms with Crippen molar-refractivity contribution in [3.05, 3.63) is 53.6 Å². The fraction of sp³-hybridized carbons (Fsp3) is 0.500. The summed E-state index contributed by atoms with van der Waals surface area (Å²) in [6, 6.07) is 15.4. The van der Waals surface area contributed by atoms with E-state index in [1.807, 2.05) is 0 Å². The van der Waals surface area contributed by atoms with Gasteiger partial charge >= 0.3 is 24.3 Å². The van der Waals surface area contributed by atoms with Gasteiger partial charge in [-0.2, -0.15) is 26.3 Å². The number of carbonyl (C=O) groups is 3. The monoisotopic (exact) mass is 647 g/mol. The van der Waals surface area contributed by atoms with Gasteiger partial charge in [0.15, 0.2) is 0 Å². The number of rotatable bonds is 3. The van der Waals surface area contributed by atoms with Crippen LogP contribution in [0.2, 0.25) is 0 Å². The predicted molar refractivity (Wildman–Crippen MR) is 152 cm³/mol. The molecule has 2 N–H and O–H groups in total. The highest BCUT2D eigenvalue weighted by Gasteiger charge is 2.46. The van der Waals surface area contributed by atoms with Crippen molar-refractivity contribution in [3.63, 3.8) is 0 Å². The normalized spacial score (nSPS) is 18.3. The maximum Gasteiger partial charge on any atom is 0.490 e. The number of halogens is 6. The van der Waals surface area contributed by atoms with E-state index in [4.69, 9.17) is 24.5 Å². The summed E-state index contributed by atoms with van der Waals surface area (Å²) in [6.07, 6.45) is -8.20. The van der Waals surface area contributed by atoms with E-state index < -0.39 is 24.3 Å². The number of likely N-dealkylation sites (N-methyl/N-ethyl adjacent to an activating group) is 1. The summed E-state index contributed by atoms with van der Waals surface area (Å²) in [5.74, 6) is -5.28. The van der Waals surface area contributed by atoms with Gasteiger partial charge in [-0.25, -0.2) is 9.59 Å². The molecule has 0 radical (unpaired) electrons. The van der Waals surface area contributed by atoms with Crippen molar-refractivity contribution < 1.29 is 55.7 Å². The molecule has 2 saturated heterocycles. The summed E-state index contributed by atoms with van der Waals surface area (Å²) in [6.45, 7) is 8.96. The lowest BCUT2D eigenvalue weighted by molar-refractivity contribution is -0.193. The summed E-state index contributed by atoms with van der Waals surface area (Å²) < 4.78 is 69.2. The van der Waals surface area contributed by atoms with E-state index in [1.165, 1.54) is 22.3 Å². The summed E-state index contributed by atoms with van der Waals surface area (Å²) in [7, 11) is 2.15. The number of benzene rings is 2. The lowest BCUT2D eigenvalue weighted by Crippen LogP contribution is -2.49. The molecule has 0 unspecified atom stereocenters. The van der Waals surface area contributed by atoms with Gasteiger partial charge in [-0.3, -0.25) is 9.69 Å². The number of nitrogens with zero attached hydrogens (tertiary/aromatic N) is 3. The Kier molecular flexibility index (Phi) is 11.6. The molecule has 2 aromatic rings. The average molecular weight is 648 g/mol. The Labute approximate surface area is 256 Å². The zero-order valence-corrected chi connectivity index (χ0v) is 24.7. The SMILES string of the molecule is Cc1ccc(-c2ccc3c(c2)C2(CCOCC2)CN3C(=O)CN2CCN(C)CC2)cc1.O=C(O)C(F)(F)F.O=C(O)C(F)(F)F. The molecule has 9 nitrogen and oxygen atoms in total. The fourth-order valence-corrected chi connectivity index (χ4v) is 5.29. The van der Waals surface area contributed by atoms with E-state index in [9.17, 15) is 31.1 Å². The molecular weight excluding hydrogens is 612 g/mol. The lowest BCUT2D eigenvalue weighted by atomic mass is 9.75. The predicted octanol–water partition coefficient (Wildman–Crippen LogP) is 4.57. The minimum Gasteiger partial charge on any atom is -0.475 e. The first-order chi connectivity index (χ1) is 20.9. The molecule has 2 fully saturated rings. The summed E-state index contributed by atoms with van der Waals surface area (Å²) in [5.41, 5.74) is 6.20. The molecule has 0 saturated carbocycles. The first-order valence-corrected chi connectivity index (χ1v) is 14.0. The van der Waals surface area contributed by atoms with Gasteiger partial charge in [-0.15, -0.1) is 0 Å². The zero-order chi connectivity index (χ0) is 33.6. The minimum atomic E-state index is -5.08. The van der Waals surface area contributed by atoms with Crippen LogP contribution in [0.25, 0.3) is 11.1 Å². The van der Waals surface area contributed by atoms with Crippen molar-refractivity contribution in [2.75, 3.05) is 64.4 Å². The van der Waals surface area contributed by atoms with Crippen LogP contribution < -0.4 is 4.90 Å². The van der Waals surface area contributed by atoms with Crippen LogP contribution in [0.5, 0.6) is 0 Å². The molecule has 3 aliphatic rings. The van der Waals surface area contributed by atoms with Crippen LogP contribution in [0.15, 0.2) is 42.5 Å². The largest absolute Gasteiger partial charge is 0.490 e. The number of fused-ring (bicyclic) bond motifs is 2. The van der Waals surface area contributed by atoms with Crippen LogP contribution in [0.3, 0.4) is 0 Å². The van der Waals surface area contributed by atoms with Gasteiger partial charge in [0, 0.05) is 57.0 Å². The quantitative estimate of drug-likeness (QED) is 0.467. The number of piperazine rings is 1. The highest BCUT2D eigenvalue weighted by Crippen LogP contribution is 2.48. The minimum absolute atomic E-state index is 0.0199. The molecule has 5 rings (SSSR count). The number of aryl methyl sites for hydroxylation is 1. The molecule has 0 aromatic heterocycles. The van der Waals surface area contributed by atoms with Crippen LogP contribution in [0.1, 0.15) is 24.0 Å². The molecule has 1 spiro atoms. The van der Waals surface area contributed by atoms with Crippen molar-refractivity contribution in [2.24, 2.45) is 0 Å². The molecule has 248 valence electrons. The maximum absolute atomic E-state index is 13.4. The number of amides is 1. The smallest absolute Gasteiger partial charge is 0.475 e. The summed E-state index contributed by atoms with van der Waals surface area (Å²) in [4.78, 5) is 37.9. The van der Waals surface area contributed by atoms with Crippen molar-refractivity contribution in [1.29, 1.82) is 0 Å². The van der Waals surface area contributed by atoms with Gasteiger partial charge < -0.3 is 24.7 Å². The van der Waals surface area contributed by atoms with Crippen LogP contribution in [-0.4, -0.2) is 110 Å². The lowest BCUT2D eigenvalue weighted by Gasteiger charge is -2.35. The third-order valence-electron chi connectivity index (χ3n) is 7.90. The first-order valence-electron chi connectivity index (χ1n) is 14.0. The van der Waals surface area contributed by atoms with Crippen LogP contribution in [0, 0.1) is 6.92 Å². The Morgan fingerprint density at radius 3 is 1.80 bits per heavy atom. The standard InChI is InChI=1S/C26H33N3O2.2C2HF3O2/c1-20-3-5-21(6-4-20)22-7-8-24-23(17-22)26(9-15-31-16-10-26)19-29(24)25(30)18-28-13-11-27(2)12-14-28;2*3-2(4,5)1(6)7/h3-8,17H,9-16,18-19H2,1-2H3;2*(H,6,7). The second-order valence-electron chi connectivity index (χ2n) is 11.2.